The van der Waals surface area contributed by atoms with Gasteiger partial charge in [0, 0.05) is 0 Å². The minimum atomic E-state index is 1.15. The van der Waals surface area contributed by atoms with Crippen LogP contribution in [0.2, 0.25) is 0 Å². The van der Waals surface area contributed by atoms with Crippen LogP contribution in [0.1, 0.15) is 58.8 Å². The lowest BCUT2D eigenvalue weighted by atomic mass is 10.0. The van der Waals surface area contributed by atoms with Gasteiger partial charge in [-0.15, -0.1) is 6.58 Å². The molecule has 0 spiro atoms. The zero-order chi connectivity index (χ0) is 9.94. The standard InChI is InChI=1S/C13H24/c1-4-7-8-9-12-13(10-5-2)11-6-3/h4,12H,1,5-11H2,2-3H3. The number of hydrogen-bond donors (Lipinski definition) is 0. The lowest BCUT2D eigenvalue weighted by molar-refractivity contribution is 0.779. The second-order valence-corrected chi connectivity index (χ2v) is 3.58. The molecule has 0 saturated carbocycles. The van der Waals surface area contributed by atoms with Crippen LogP contribution in [0.15, 0.2) is 24.3 Å². The van der Waals surface area contributed by atoms with E-state index in [1.165, 1.54) is 38.5 Å². The largest absolute Gasteiger partial charge is 0.103 e. The molecule has 0 nitrogen and oxygen atoms in total. The molecule has 0 aromatic carbocycles. The normalized spacial score (nSPS) is 9.69. The molecule has 0 aliphatic heterocycles. The lowest BCUT2D eigenvalue weighted by Gasteiger charge is -2.03. The fourth-order valence-electron chi connectivity index (χ4n) is 1.54. The van der Waals surface area contributed by atoms with E-state index < -0.39 is 0 Å². The van der Waals surface area contributed by atoms with Gasteiger partial charge in [-0.1, -0.05) is 44.4 Å². The number of hydrogen-bond acceptors (Lipinski definition) is 0. The number of unbranched alkanes of at least 4 members (excludes halogenated alkanes) is 2. The Morgan fingerprint density at radius 1 is 1.08 bits per heavy atom. The summed E-state index contributed by atoms with van der Waals surface area (Å²) in [5.74, 6) is 0. The lowest BCUT2D eigenvalue weighted by Crippen LogP contribution is -1.83. The predicted octanol–water partition coefficient (Wildman–Crippen LogP) is 4.87. The van der Waals surface area contributed by atoms with Crippen LogP contribution in [0.3, 0.4) is 0 Å². The Morgan fingerprint density at radius 3 is 2.15 bits per heavy atom. The molecule has 0 fully saturated rings. The van der Waals surface area contributed by atoms with Crippen molar-refractivity contribution < 1.29 is 0 Å². The van der Waals surface area contributed by atoms with Crippen LogP contribution >= 0.6 is 0 Å². The van der Waals surface area contributed by atoms with Crippen molar-refractivity contribution in [1.82, 2.24) is 0 Å². The zero-order valence-electron chi connectivity index (χ0n) is 9.31. The topological polar surface area (TPSA) is 0 Å². The SMILES string of the molecule is C=CCCCC=C(CCC)CCC. The molecule has 0 saturated heterocycles. The third kappa shape index (κ3) is 7.83. The van der Waals surface area contributed by atoms with Gasteiger partial charge in [0.15, 0.2) is 0 Å². The molecule has 0 aliphatic rings. The van der Waals surface area contributed by atoms with Gasteiger partial charge in [0.2, 0.25) is 0 Å². The van der Waals surface area contributed by atoms with E-state index in [9.17, 15) is 0 Å². The summed E-state index contributed by atoms with van der Waals surface area (Å²) in [6.45, 7) is 8.24. The summed E-state index contributed by atoms with van der Waals surface area (Å²) >= 11 is 0. The maximum absolute atomic E-state index is 3.73. The van der Waals surface area contributed by atoms with Gasteiger partial charge >= 0.3 is 0 Å². The van der Waals surface area contributed by atoms with Crippen molar-refractivity contribution >= 4 is 0 Å². The summed E-state index contributed by atoms with van der Waals surface area (Å²) in [4.78, 5) is 0. The van der Waals surface area contributed by atoms with Crippen LogP contribution in [0, 0.1) is 0 Å². The highest BCUT2D eigenvalue weighted by atomic mass is 14.0. The summed E-state index contributed by atoms with van der Waals surface area (Å²) in [7, 11) is 0. The molecule has 0 N–H and O–H groups in total. The first-order chi connectivity index (χ1) is 6.35. The molecule has 0 unspecified atom stereocenters. The zero-order valence-corrected chi connectivity index (χ0v) is 9.31. The summed E-state index contributed by atoms with van der Waals surface area (Å²) in [6, 6.07) is 0. The van der Waals surface area contributed by atoms with E-state index in [1.807, 2.05) is 6.08 Å². The van der Waals surface area contributed by atoms with Gasteiger partial charge in [-0.3, -0.25) is 0 Å². The van der Waals surface area contributed by atoms with Crippen LogP contribution in [0.5, 0.6) is 0 Å². The van der Waals surface area contributed by atoms with Crippen molar-refractivity contribution in [3.05, 3.63) is 24.3 Å². The predicted molar refractivity (Wildman–Crippen MR) is 61.9 cm³/mol. The van der Waals surface area contributed by atoms with Crippen LogP contribution in [-0.4, -0.2) is 0 Å². The second kappa shape index (κ2) is 9.57. The summed E-state index contributed by atoms with van der Waals surface area (Å²) in [5.41, 5.74) is 1.66. The van der Waals surface area contributed by atoms with Gasteiger partial charge in [0.25, 0.3) is 0 Å². The Labute approximate surface area is 83.7 Å². The van der Waals surface area contributed by atoms with Gasteiger partial charge in [0.1, 0.15) is 0 Å². The average molecular weight is 180 g/mol. The minimum Gasteiger partial charge on any atom is -0.103 e. The van der Waals surface area contributed by atoms with Crippen molar-refractivity contribution in [3.63, 3.8) is 0 Å². The van der Waals surface area contributed by atoms with Crippen molar-refractivity contribution in [1.29, 1.82) is 0 Å². The fourth-order valence-corrected chi connectivity index (χ4v) is 1.54. The molecule has 0 aliphatic carbocycles. The molecule has 0 heteroatoms. The first-order valence-electron chi connectivity index (χ1n) is 5.63. The Morgan fingerprint density at radius 2 is 1.69 bits per heavy atom. The maximum atomic E-state index is 3.73. The van der Waals surface area contributed by atoms with Crippen molar-refractivity contribution in [3.8, 4) is 0 Å². The molecule has 0 amide bonds. The molecular formula is C13H24. The van der Waals surface area contributed by atoms with Crippen LogP contribution in [0.25, 0.3) is 0 Å². The number of allylic oxidation sites excluding steroid dienone is 3. The monoisotopic (exact) mass is 180 g/mol. The third-order valence-corrected chi connectivity index (χ3v) is 2.19. The summed E-state index contributed by atoms with van der Waals surface area (Å²) in [6.07, 6.45) is 13.3. The maximum Gasteiger partial charge on any atom is -0.0323 e. The Kier molecular flexibility index (Phi) is 9.18. The molecule has 0 aromatic heterocycles. The highest BCUT2D eigenvalue weighted by Gasteiger charge is 1.93. The molecule has 0 atom stereocenters. The molecule has 0 bridgehead atoms. The van der Waals surface area contributed by atoms with Crippen molar-refractivity contribution in [2.75, 3.05) is 0 Å². The fraction of sp³-hybridized carbons (Fsp3) is 0.692. The highest BCUT2D eigenvalue weighted by Crippen LogP contribution is 2.13. The molecule has 0 heterocycles. The Balaban J connectivity index is 3.66. The summed E-state index contributed by atoms with van der Waals surface area (Å²) < 4.78 is 0. The van der Waals surface area contributed by atoms with Crippen LogP contribution in [-0.2, 0) is 0 Å². The molecule has 0 aromatic rings. The third-order valence-electron chi connectivity index (χ3n) is 2.19. The van der Waals surface area contributed by atoms with Crippen molar-refractivity contribution in [2.24, 2.45) is 0 Å². The van der Waals surface area contributed by atoms with E-state index in [1.54, 1.807) is 5.57 Å². The minimum absolute atomic E-state index is 1.15. The first-order valence-corrected chi connectivity index (χ1v) is 5.63. The van der Waals surface area contributed by atoms with E-state index >= 15 is 0 Å². The van der Waals surface area contributed by atoms with E-state index in [0.717, 1.165) is 6.42 Å². The molecule has 0 rings (SSSR count). The average Bonchev–Trinajstić information content (AvgIpc) is 2.13. The van der Waals surface area contributed by atoms with E-state index in [4.69, 9.17) is 0 Å². The number of rotatable bonds is 8. The summed E-state index contributed by atoms with van der Waals surface area (Å²) in [5, 5.41) is 0. The second-order valence-electron chi connectivity index (χ2n) is 3.58. The van der Waals surface area contributed by atoms with E-state index in [0.29, 0.717) is 0 Å². The Bertz CT molecular complexity index is 134. The van der Waals surface area contributed by atoms with Gasteiger partial charge in [0.05, 0.1) is 0 Å². The molecule has 0 radical (unpaired) electrons. The molecule has 76 valence electrons. The molecule has 13 heavy (non-hydrogen) atoms. The van der Waals surface area contributed by atoms with Gasteiger partial charge in [-0.25, -0.2) is 0 Å². The molecular weight excluding hydrogens is 156 g/mol. The first kappa shape index (κ1) is 12.5. The van der Waals surface area contributed by atoms with Crippen LogP contribution in [0.4, 0.5) is 0 Å². The highest BCUT2D eigenvalue weighted by molar-refractivity contribution is 5.01. The Hall–Kier alpha value is -0.520. The van der Waals surface area contributed by atoms with Gasteiger partial charge < -0.3 is 0 Å². The van der Waals surface area contributed by atoms with Crippen LogP contribution < -0.4 is 0 Å². The van der Waals surface area contributed by atoms with Crippen molar-refractivity contribution in [2.45, 2.75) is 58.8 Å². The van der Waals surface area contributed by atoms with Gasteiger partial charge in [-0.2, -0.15) is 0 Å². The quantitative estimate of drug-likeness (QED) is 0.369. The van der Waals surface area contributed by atoms with E-state index in [2.05, 4.69) is 26.5 Å². The smallest absolute Gasteiger partial charge is 0.0323 e. The van der Waals surface area contributed by atoms with E-state index in [-0.39, 0.29) is 0 Å². The van der Waals surface area contributed by atoms with Gasteiger partial charge in [-0.05, 0) is 32.1 Å².